The normalized spacial score (nSPS) is 27.0. The predicted molar refractivity (Wildman–Crippen MR) is 77.0 cm³/mol. The molecule has 0 radical (unpaired) electrons. The van der Waals surface area contributed by atoms with Gasteiger partial charge in [-0.3, -0.25) is 4.98 Å². The summed E-state index contributed by atoms with van der Waals surface area (Å²) in [4.78, 5) is 4.14. The van der Waals surface area contributed by atoms with Crippen molar-refractivity contribution in [2.75, 3.05) is 7.11 Å². The molecule has 0 bridgehead atoms. The van der Waals surface area contributed by atoms with E-state index in [1.165, 1.54) is 11.1 Å². The van der Waals surface area contributed by atoms with E-state index in [0.717, 1.165) is 24.2 Å². The summed E-state index contributed by atoms with van der Waals surface area (Å²) in [6, 6.07) is 10.1. The van der Waals surface area contributed by atoms with Crippen molar-refractivity contribution in [1.29, 1.82) is 0 Å². The van der Waals surface area contributed by atoms with Gasteiger partial charge in [-0.05, 0) is 42.2 Å². The monoisotopic (exact) mass is 283 g/mol. The molecule has 4 nitrogen and oxygen atoms in total. The minimum atomic E-state index is -0.318. The van der Waals surface area contributed by atoms with Crippen LogP contribution in [-0.4, -0.2) is 18.2 Å². The quantitative estimate of drug-likeness (QED) is 0.848. The Morgan fingerprint density at radius 1 is 1.24 bits per heavy atom. The Labute approximate surface area is 123 Å². The number of benzene rings is 1. The number of hydrogen-bond acceptors (Lipinski definition) is 4. The maximum Gasteiger partial charge on any atom is 0.186 e. The molecule has 1 aliphatic heterocycles. The van der Waals surface area contributed by atoms with E-state index in [1.54, 1.807) is 19.5 Å². The standard InChI is InChI=1S/C17H17NO3/c1-19-13-5-6-14-11(9-13)4-7-15-16(14)21-17(20-15)12-3-2-8-18-10-12/h2-3,5-6,8-10,15-17H,4,7H2,1H3/t15-,16+,17-/m1/s1. The summed E-state index contributed by atoms with van der Waals surface area (Å²) in [5, 5.41) is 0. The van der Waals surface area contributed by atoms with E-state index >= 15 is 0 Å². The molecule has 108 valence electrons. The number of methoxy groups -OCH3 is 1. The number of aryl methyl sites for hydroxylation is 1. The van der Waals surface area contributed by atoms with Crippen LogP contribution in [0.5, 0.6) is 5.75 Å². The van der Waals surface area contributed by atoms with E-state index in [9.17, 15) is 0 Å². The zero-order chi connectivity index (χ0) is 14.2. The van der Waals surface area contributed by atoms with Gasteiger partial charge in [-0.1, -0.05) is 12.1 Å². The fourth-order valence-electron chi connectivity index (χ4n) is 3.15. The van der Waals surface area contributed by atoms with Gasteiger partial charge in [0.1, 0.15) is 11.9 Å². The first kappa shape index (κ1) is 12.8. The van der Waals surface area contributed by atoms with E-state index in [2.05, 4.69) is 17.1 Å². The summed E-state index contributed by atoms with van der Waals surface area (Å²) in [5.74, 6) is 0.898. The Balaban J connectivity index is 1.63. The summed E-state index contributed by atoms with van der Waals surface area (Å²) in [6.07, 6.45) is 5.34. The lowest BCUT2D eigenvalue weighted by Crippen LogP contribution is -2.22. The van der Waals surface area contributed by atoms with Gasteiger partial charge in [0.2, 0.25) is 0 Å². The molecule has 21 heavy (non-hydrogen) atoms. The van der Waals surface area contributed by atoms with Crippen molar-refractivity contribution >= 4 is 0 Å². The highest BCUT2D eigenvalue weighted by molar-refractivity contribution is 5.39. The summed E-state index contributed by atoms with van der Waals surface area (Å²) < 4.78 is 17.5. The molecule has 2 aliphatic rings. The molecule has 0 unspecified atom stereocenters. The highest BCUT2D eigenvalue weighted by atomic mass is 16.7. The van der Waals surface area contributed by atoms with Crippen LogP contribution in [-0.2, 0) is 15.9 Å². The van der Waals surface area contributed by atoms with Gasteiger partial charge in [0.15, 0.2) is 6.29 Å². The smallest absolute Gasteiger partial charge is 0.186 e. The van der Waals surface area contributed by atoms with Gasteiger partial charge < -0.3 is 14.2 Å². The number of fused-ring (bicyclic) bond motifs is 3. The topological polar surface area (TPSA) is 40.6 Å². The number of aromatic nitrogens is 1. The molecule has 1 aromatic carbocycles. The van der Waals surface area contributed by atoms with E-state index in [4.69, 9.17) is 14.2 Å². The highest BCUT2D eigenvalue weighted by Crippen LogP contribution is 2.45. The molecule has 2 heterocycles. The third-order valence-corrected chi connectivity index (χ3v) is 4.22. The average Bonchev–Trinajstić information content (AvgIpc) is 2.99. The van der Waals surface area contributed by atoms with Gasteiger partial charge in [-0.25, -0.2) is 0 Å². The molecular weight excluding hydrogens is 266 g/mol. The second-order valence-corrected chi connectivity index (χ2v) is 5.45. The minimum Gasteiger partial charge on any atom is -0.497 e. The van der Waals surface area contributed by atoms with Crippen molar-refractivity contribution in [2.45, 2.75) is 31.3 Å². The van der Waals surface area contributed by atoms with Crippen LogP contribution in [0.2, 0.25) is 0 Å². The largest absolute Gasteiger partial charge is 0.497 e. The van der Waals surface area contributed by atoms with Gasteiger partial charge in [0.25, 0.3) is 0 Å². The summed E-state index contributed by atoms with van der Waals surface area (Å²) in [6.45, 7) is 0. The van der Waals surface area contributed by atoms with Gasteiger partial charge in [0.05, 0.1) is 13.2 Å². The van der Waals surface area contributed by atoms with Gasteiger partial charge in [-0.15, -0.1) is 0 Å². The molecule has 4 rings (SSSR count). The molecular formula is C17H17NO3. The lowest BCUT2D eigenvalue weighted by molar-refractivity contribution is -0.0692. The first-order valence-corrected chi connectivity index (χ1v) is 7.23. The van der Waals surface area contributed by atoms with Crippen LogP contribution in [0.25, 0.3) is 0 Å². The Morgan fingerprint density at radius 2 is 2.19 bits per heavy atom. The molecule has 1 aromatic heterocycles. The van der Waals surface area contributed by atoms with Crippen LogP contribution in [0.15, 0.2) is 42.7 Å². The Kier molecular flexibility index (Phi) is 3.13. The second-order valence-electron chi connectivity index (χ2n) is 5.45. The van der Waals surface area contributed by atoms with Crippen LogP contribution in [0.4, 0.5) is 0 Å². The van der Waals surface area contributed by atoms with Crippen LogP contribution >= 0.6 is 0 Å². The average molecular weight is 283 g/mol. The summed E-state index contributed by atoms with van der Waals surface area (Å²) in [5.41, 5.74) is 3.49. The molecule has 1 saturated heterocycles. The first-order valence-electron chi connectivity index (χ1n) is 7.23. The number of hydrogen-bond donors (Lipinski definition) is 0. The zero-order valence-electron chi connectivity index (χ0n) is 11.9. The Morgan fingerprint density at radius 3 is 3.00 bits per heavy atom. The number of pyridine rings is 1. The van der Waals surface area contributed by atoms with Crippen molar-refractivity contribution in [3.05, 3.63) is 59.4 Å². The van der Waals surface area contributed by atoms with Crippen LogP contribution in [0.3, 0.4) is 0 Å². The SMILES string of the molecule is COc1ccc2c(c1)CC[C@H]1O[C@@H](c3cccnc3)O[C@@H]21. The number of ether oxygens (including phenoxy) is 3. The Bertz CT molecular complexity index is 644. The molecule has 0 amide bonds. The van der Waals surface area contributed by atoms with E-state index < -0.39 is 0 Å². The summed E-state index contributed by atoms with van der Waals surface area (Å²) >= 11 is 0. The van der Waals surface area contributed by atoms with E-state index in [1.807, 2.05) is 18.2 Å². The zero-order valence-corrected chi connectivity index (χ0v) is 11.9. The molecule has 0 saturated carbocycles. The van der Waals surface area contributed by atoms with Gasteiger partial charge >= 0.3 is 0 Å². The van der Waals surface area contributed by atoms with Crippen molar-refractivity contribution in [2.24, 2.45) is 0 Å². The van der Waals surface area contributed by atoms with Crippen molar-refractivity contribution in [1.82, 2.24) is 4.98 Å². The fourth-order valence-corrected chi connectivity index (χ4v) is 3.15. The highest BCUT2D eigenvalue weighted by Gasteiger charge is 2.41. The van der Waals surface area contributed by atoms with Gasteiger partial charge in [0, 0.05) is 18.0 Å². The molecule has 1 aliphatic carbocycles. The first-order chi connectivity index (χ1) is 10.3. The van der Waals surface area contributed by atoms with Crippen LogP contribution in [0.1, 0.15) is 35.5 Å². The third-order valence-electron chi connectivity index (χ3n) is 4.22. The van der Waals surface area contributed by atoms with Crippen molar-refractivity contribution in [3.63, 3.8) is 0 Å². The molecule has 4 heteroatoms. The molecule has 0 N–H and O–H groups in total. The van der Waals surface area contributed by atoms with Crippen molar-refractivity contribution < 1.29 is 14.2 Å². The van der Waals surface area contributed by atoms with Gasteiger partial charge in [-0.2, -0.15) is 0 Å². The second kappa shape index (κ2) is 5.13. The number of nitrogens with zero attached hydrogens (tertiary/aromatic N) is 1. The summed E-state index contributed by atoms with van der Waals surface area (Å²) in [7, 11) is 1.70. The molecule has 3 atom stereocenters. The maximum absolute atomic E-state index is 6.15. The van der Waals surface area contributed by atoms with E-state index in [0.29, 0.717) is 0 Å². The predicted octanol–water partition coefficient (Wildman–Crippen LogP) is 3.19. The van der Waals surface area contributed by atoms with Crippen LogP contribution < -0.4 is 4.74 Å². The third kappa shape index (κ3) is 2.20. The molecule has 2 aromatic rings. The van der Waals surface area contributed by atoms with Crippen molar-refractivity contribution in [3.8, 4) is 5.75 Å². The van der Waals surface area contributed by atoms with Crippen LogP contribution in [0, 0.1) is 0 Å². The number of rotatable bonds is 2. The lowest BCUT2D eigenvalue weighted by Gasteiger charge is -2.25. The Hall–Kier alpha value is -1.91. The maximum atomic E-state index is 6.15. The van der Waals surface area contributed by atoms with E-state index in [-0.39, 0.29) is 18.5 Å². The minimum absolute atomic E-state index is 0.00450. The molecule has 0 spiro atoms. The molecule has 1 fully saturated rings. The fraction of sp³-hybridized carbons (Fsp3) is 0.353. The lowest BCUT2D eigenvalue weighted by atomic mass is 9.87.